The molecule has 13 heteroatoms. The molecule has 0 aromatic heterocycles. The number of hydrogen-bond acceptors (Lipinski definition) is 7. The van der Waals surface area contributed by atoms with Gasteiger partial charge in [-0.1, -0.05) is 67.2 Å². The smallest absolute Gasteiger partial charge is 0.315 e. The molecule has 47 heavy (non-hydrogen) atoms. The van der Waals surface area contributed by atoms with E-state index < -0.39 is 73.2 Å². The lowest BCUT2D eigenvalue weighted by atomic mass is 9.83. The average molecular weight is 682 g/mol. The Labute approximate surface area is 281 Å². The van der Waals surface area contributed by atoms with Crippen LogP contribution in [-0.4, -0.2) is 90.1 Å². The van der Waals surface area contributed by atoms with Crippen molar-refractivity contribution in [1.82, 2.24) is 26.2 Å². The zero-order chi connectivity index (χ0) is 35.8. The van der Waals surface area contributed by atoms with E-state index in [0.717, 1.165) is 19.3 Å². The third kappa shape index (κ3) is 8.48. The van der Waals surface area contributed by atoms with Gasteiger partial charge in [-0.25, -0.2) is 13.2 Å². The second-order valence-electron chi connectivity index (χ2n) is 16.6. The van der Waals surface area contributed by atoms with Gasteiger partial charge in [0.1, 0.15) is 12.1 Å². The summed E-state index contributed by atoms with van der Waals surface area (Å²) in [5.41, 5.74) is -1.91. The van der Waals surface area contributed by atoms with Crippen molar-refractivity contribution in [2.75, 3.05) is 18.8 Å². The van der Waals surface area contributed by atoms with E-state index in [1.165, 1.54) is 4.90 Å². The summed E-state index contributed by atoms with van der Waals surface area (Å²) in [4.78, 5) is 68.7. The fourth-order valence-electron chi connectivity index (χ4n) is 7.37. The number of likely N-dealkylation sites (N-methyl/N-ethyl adjacent to an activating group) is 1. The van der Waals surface area contributed by atoms with Crippen LogP contribution in [0.1, 0.15) is 114 Å². The second kappa shape index (κ2) is 14.0. The predicted octanol–water partition coefficient (Wildman–Crippen LogP) is 3.09. The maximum atomic E-state index is 14.4. The Hall–Kier alpha value is -2.70. The van der Waals surface area contributed by atoms with Crippen molar-refractivity contribution in [3.63, 3.8) is 0 Å². The van der Waals surface area contributed by atoms with Gasteiger partial charge < -0.3 is 26.2 Å². The van der Waals surface area contributed by atoms with Gasteiger partial charge in [-0.05, 0) is 69.6 Å². The molecule has 4 N–H and O–H groups in total. The van der Waals surface area contributed by atoms with Gasteiger partial charge >= 0.3 is 6.03 Å². The number of hydrogen-bond donors (Lipinski definition) is 4. The van der Waals surface area contributed by atoms with Crippen molar-refractivity contribution in [2.24, 2.45) is 22.7 Å². The van der Waals surface area contributed by atoms with Crippen molar-refractivity contribution >= 4 is 39.4 Å². The Morgan fingerprint density at radius 1 is 0.915 bits per heavy atom. The Bertz CT molecular complexity index is 1320. The molecule has 0 radical (unpaired) electrons. The SMILES string of the molecule is CCCC(NC(=O)[C@@H]1C2C(CN1C(=O)[C@@H](NC(=O)NC1(CS(=O)(=O)C(C)(C)C)CCCCC1)C(C)(C)C)C2(C)C)C(=O)C(=O)NCC. The Morgan fingerprint density at radius 3 is 2.02 bits per heavy atom. The van der Waals surface area contributed by atoms with E-state index in [9.17, 15) is 32.4 Å². The highest BCUT2D eigenvalue weighted by atomic mass is 32.2. The summed E-state index contributed by atoms with van der Waals surface area (Å²) < 4.78 is 25.6. The van der Waals surface area contributed by atoms with Gasteiger partial charge in [0.25, 0.3) is 5.91 Å². The molecule has 3 fully saturated rings. The fourth-order valence-corrected chi connectivity index (χ4v) is 8.89. The van der Waals surface area contributed by atoms with E-state index >= 15 is 0 Å². The zero-order valence-corrected chi connectivity index (χ0v) is 31.0. The van der Waals surface area contributed by atoms with Crippen molar-refractivity contribution in [1.29, 1.82) is 0 Å². The van der Waals surface area contributed by atoms with Crippen molar-refractivity contribution in [3.05, 3.63) is 0 Å². The molecule has 268 valence electrons. The molecule has 0 aromatic rings. The number of Topliss-reactive ketones (excluding diaryl/α,β-unsaturated/α-hetero) is 1. The number of nitrogens with one attached hydrogen (secondary N) is 4. The molecule has 2 saturated carbocycles. The number of ketones is 1. The summed E-state index contributed by atoms with van der Waals surface area (Å²) >= 11 is 0. The molecule has 1 heterocycles. The lowest BCUT2D eigenvalue weighted by molar-refractivity contribution is -0.145. The molecule has 3 aliphatic rings. The van der Waals surface area contributed by atoms with Gasteiger partial charge in [0.05, 0.1) is 22.1 Å². The topological polar surface area (TPSA) is 171 Å². The van der Waals surface area contributed by atoms with Gasteiger partial charge in [-0.15, -0.1) is 0 Å². The first-order valence-corrected chi connectivity index (χ1v) is 18.9. The average Bonchev–Trinajstić information content (AvgIpc) is 3.26. The molecule has 0 bridgehead atoms. The molecule has 0 aromatic carbocycles. The number of urea groups is 1. The van der Waals surface area contributed by atoms with Crippen LogP contribution in [0.15, 0.2) is 0 Å². The maximum Gasteiger partial charge on any atom is 0.315 e. The standard InChI is InChI=1S/C34H59N5O7S/c1-11-16-22(25(40)28(42)35-12-2)36-27(41)24-23-21(33(23,9)10)19-39(24)29(43)26(31(3,4)5)37-30(44)38-34(17-14-13-15-18-34)20-47(45,46)32(6,7)8/h21-24,26H,11-20H2,1-10H3,(H,35,42)(H,36,41)(H2,37,38,44)/t21?,22?,23?,24-,26+/m0/s1. The molecule has 5 amide bonds. The van der Waals surface area contributed by atoms with Crippen molar-refractivity contribution in [2.45, 2.75) is 143 Å². The number of sulfone groups is 1. The van der Waals surface area contributed by atoms with Crippen LogP contribution in [0.25, 0.3) is 0 Å². The molecule has 1 aliphatic heterocycles. The number of piperidine rings is 1. The van der Waals surface area contributed by atoms with E-state index in [2.05, 4.69) is 35.1 Å². The fraction of sp³-hybridized carbons (Fsp3) is 0.853. The van der Waals surface area contributed by atoms with E-state index in [1.807, 2.05) is 27.7 Å². The number of fused-ring (bicyclic) bond motifs is 1. The number of rotatable bonds is 12. The second-order valence-corrected chi connectivity index (χ2v) is 19.3. The third-order valence-corrected chi connectivity index (χ3v) is 13.3. The molecule has 0 spiro atoms. The van der Waals surface area contributed by atoms with Crippen LogP contribution in [0.4, 0.5) is 4.79 Å². The summed E-state index contributed by atoms with van der Waals surface area (Å²) in [5.74, 6) is -2.66. The van der Waals surface area contributed by atoms with Crippen LogP contribution >= 0.6 is 0 Å². The van der Waals surface area contributed by atoms with Crippen LogP contribution in [0.3, 0.4) is 0 Å². The summed E-state index contributed by atoms with van der Waals surface area (Å²) in [7, 11) is -3.56. The zero-order valence-electron chi connectivity index (χ0n) is 30.2. The van der Waals surface area contributed by atoms with Crippen molar-refractivity contribution in [3.8, 4) is 0 Å². The molecular formula is C34H59N5O7S. The lowest BCUT2D eigenvalue weighted by Crippen LogP contribution is -2.64. The summed E-state index contributed by atoms with van der Waals surface area (Å²) in [6.45, 7) is 18.7. The Morgan fingerprint density at radius 2 is 1.51 bits per heavy atom. The number of carbonyl (C=O) groups excluding carboxylic acids is 5. The molecule has 2 aliphatic carbocycles. The normalized spacial score (nSPS) is 24.7. The number of amides is 5. The van der Waals surface area contributed by atoms with Crippen LogP contribution in [-0.2, 0) is 29.0 Å². The van der Waals surface area contributed by atoms with E-state index in [-0.39, 0.29) is 36.0 Å². The van der Waals surface area contributed by atoms with Gasteiger partial charge in [0.15, 0.2) is 9.84 Å². The van der Waals surface area contributed by atoms with E-state index in [1.54, 1.807) is 27.7 Å². The highest BCUT2D eigenvalue weighted by Gasteiger charge is 2.70. The highest BCUT2D eigenvalue weighted by Crippen LogP contribution is 2.65. The van der Waals surface area contributed by atoms with Gasteiger partial charge in [0.2, 0.25) is 17.6 Å². The van der Waals surface area contributed by atoms with Crippen LogP contribution < -0.4 is 21.3 Å². The third-order valence-electron chi connectivity index (χ3n) is 10.5. The molecule has 3 rings (SSSR count). The summed E-state index contributed by atoms with van der Waals surface area (Å²) in [6.07, 6.45) is 4.40. The van der Waals surface area contributed by atoms with Crippen LogP contribution in [0.5, 0.6) is 0 Å². The monoisotopic (exact) mass is 681 g/mol. The Balaban J connectivity index is 1.86. The minimum Gasteiger partial charge on any atom is -0.350 e. The van der Waals surface area contributed by atoms with Crippen LogP contribution in [0.2, 0.25) is 0 Å². The minimum atomic E-state index is -3.56. The molecule has 12 nitrogen and oxygen atoms in total. The predicted molar refractivity (Wildman–Crippen MR) is 181 cm³/mol. The van der Waals surface area contributed by atoms with Gasteiger partial charge in [-0.2, -0.15) is 0 Å². The first kappa shape index (κ1) is 38.7. The first-order valence-electron chi connectivity index (χ1n) is 17.3. The molecule has 5 atom stereocenters. The largest absolute Gasteiger partial charge is 0.350 e. The first-order chi connectivity index (χ1) is 21.5. The summed E-state index contributed by atoms with van der Waals surface area (Å²) in [5, 5.41) is 11.2. The Kier molecular flexibility index (Phi) is 11.6. The van der Waals surface area contributed by atoms with Gasteiger partial charge in [-0.3, -0.25) is 19.2 Å². The quantitative estimate of drug-likeness (QED) is 0.229. The van der Waals surface area contributed by atoms with Crippen molar-refractivity contribution < 1.29 is 32.4 Å². The molecule has 1 saturated heterocycles. The maximum absolute atomic E-state index is 14.4. The van der Waals surface area contributed by atoms with Crippen LogP contribution in [0, 0.1) is 22.7 Å². The number of likely N-dealkylation sites (tertiary alicyclic amines) is 1. The molecule has 3 unspecified atom stereocenters. The minimum absolute atomic E-state index is 0.0634. The van der Waals surface area contributed by atoms with Gasteiger partial charge in [0, 0.05) is 13.1 Å². The number of nitrogens with zero attached hydrogens (tertiary/aromatic N) is 1. The number of carbonyl (C=O) groups is 5. The van der Waals surface area contributed by atoms with E-state index in [4.69, 9.17) is 0 Å². The highest BCUT2D eigenvalue weighted by molar-refractivity contribution is 7.92. The molecular weight excluding hydrogens is 622 g/mol. The van der Waals surface area contributed by atoms with E-state index in [0.29, 0.717) is 25.8 Å². The lowest BCUT2D eigenvalue weighted by Gasteiger charge is -2.41. The summed E-state index contributed by atoms with van der Waals surface area (Å²) in [6, 6.07) is -3.54.